The average Bonchev–Trinajstić information content (AvgIpc) is 3.02. The van der Waals surface area contributed by atoms with Gasteiger partial charge in [0.1, 0.15) is 5.25 Å². The first-order chi connectivity index (χ1) is 11.8. The number of rotatable bonds is 6. The molecule has 1 aromatic heterocycles. The fourth-order valence-corrected chi connectivity index (χ4v) is 4.65. The van der Waals surface area contributed by atoms with Gasteiger partial charge in [0.2, 0.25) is 16.8 Å². The predicted molar refractivity (Wildman–Crippen MR) is 89.6 cm³/mol. The largest absolute Gasteiger partial charge is 0.454 e. The zero-order valence-corrected chi connectivity index (χ0v) is 14.9. The van der Waals surface area contributed by atoms with Gasteiger partial charge in [0.25, 0.3) is 0 Å². The highest BCUT2D eigenvalue weighted by molar-refractivity contribution is 7.92. The molecule has 0 amide bonds. The smallest absolute Gasteiger partial charge is 0.231 e. The molecule has 1 N–H and O–H groups in total. The number of sulfone groups is 1. The second kappa shape index (κ2) is 6.62. The molecule has 2 aromatic rings. The molecule has 0 radical (unpaired) electrons. The minimum absolute atomic E-state index is 0.0147. The van der Waals surface area contributed by atoms with Crippen LogP contribution in [0.5, 0.6) is 11.5 Å². The molecule has 0 saturated heterocycles. The van der Waals surface area contributed by atoms with Crippen LogP contribution < -0.4 is 14.2 Å². The molecular formula is C15H16N2O6S2. The lowest BCUT2D eigenvalue weighted by molar-refractivity contribution is 0.174. The predicted octanol–water partition coefficient (Wildman–Crippen LogP) is 0.874. The molecule has 8 nitrogen and oxygen atoms in total. The molecule has 0 bridgehead atoms. The lowest BCUT2D eigenvalue weighted by atomic mass is 10.2. The summed E-state index contributed by atoms with van der Waals surface area (Å²) in [5, 5.41) is -1.13. The fraction of sp³-hybridized carbons (Fsp3) is 0.267. The topological polar surface area (TPSA) is 112 Å². The zero-order chi connectivity index (χ0) is 18.1. The highest BCUT2D eigenvalue weighted by Gasteiger charge is 2.31. The van der Waals surface area contributed by atoms with E-state index in [-0.39, 0.29) is 18.2 Å². The van der Waals surface area contributed by atoms with Crippen molar-refractivity contribution in [3.63, 3.8) is 0 Å². The molecule has 3 rings (SSSR count). The molecule has 10 heteroatoms. The van der Waals surface area contributed by atoms with Crippen molar-refractivity contribution in [2.75, 3.05) is 19.6 Å². The molecule has 2 heterocycles. The van der Waals surface area contributed by atoms with Gasteiger partial charge in [-0.25, -0.2) is 21.6 Å². The lowest BCUT2D eigenvalue weighted by Crippen LogP contribution is -2.31. The fourth-order valence-electron chi connectivity index (χ4n) is 2.42. The Morgan fingerprint density at radius 2 is 1.92 bits per heavy atom. The zero-order valence-electron chi connectivity index (χ0n) is 13.2. The third-order valence-corrected chi connectivity index (χ3v) is 6.42. The molecule has 0 spiro atoms. The van der Waals surface area contributed by atoms with E-state index in [1.165, 1.54) is 30.6 Å². The molecular weight excluding hydrogens is 368 g/mol. The van der Waals surface area contributed by atoms with Gasteiger partial charge in [0.15, 0.2) is 21.3 Å². The summed E-state index contributed by atoms with van der Waals surface area (Å²) in [5.41, 5.74) is 0.385. The maximum Gasteiger partial charge on any atom is 0.231 e. The quantitative estimate of drug-likeness (QED) is 0.787. The average molecular weight is 384 g/mol. The van der Waals surface area contributed by atoms with Crippen molar-refractivity contribution in [1.29, 1.82) is 0 Å². The Labute approximate surface area is 145 Å². The van der Waals surface area contributed by atoms with E-state index in [0.29, 0.717) is 17.1 Å². The van der Waals surface area contributed by atoms with Crippen molar-refractivity contribution in [3.05, 3.63) is 48.3 Å². The van der Waals surface area contributed by atoms with E-state index < -0.39 is 25.1 Å². The van der Waals surface area contributed by atoms with Crippen molar-refractivity contribution >= 4 is 19.9 Å². The number of aromatic nitrogens is 1. The molecule has 1 atom stereocenters. The summed E-state index contributed by atoms with van der Waals surface area (Å²) in [6.45, 7) is -0.276. The Hall–Kier alpha value is -2.17. The maximum atomic E-state index is 13.1. The Bertz CT molecular complexity index is 974. The van der Waals surface area contributed by atoms with E-state index >= 15 is 0 Å². The molecule has 0 saturated carbocycles. The van der Waals surface area contributed by atoms with Gasteiger partial charge in [-0.2, -0.15) is 0 Å². The second-order valence-corrected chi connectivity index (χ2v) is 9.42. The number of fused-ring (bicyclic) bond motifs is 1. The van der Waals surface area contributed by atoms with Crippen molar-refractivity contribution in [3.8, 4) is 11.5 Å². The summed E-state index contributed by atoms with van der Waals surface area (Å²) in [4.78, 5) is 3.94. The van der Waals surface area contributed by atoms with Gasteiger partial charge in [0, 0.05) is 25.0 Å². The first-order valence-corrected chi connectivity index (χ1v) is 10.7. The van der Waals surface area contributed by atoms with Gasteiger partial charge in [-0.05, 0) is 23.8 Å². The van der Waals surface area contributed by atoms with Crippen LogP contribution in [0.15, 0.2) is 47.6 Å². The minimum Gasteiger partial charge on any atom is -0.454 e. The third-order valence-electron chi connectivity index (χ3n) is 3.63. The number of hydrogen-bond acceptors (Lipinski definition) is 7. The van der Waals surface area contributed by atoms with E-state index in [4.69, 9.17) is 9.47 Å². The van der Waals surface area contributed by atoms with E-state index in [9.17, 15) is 16.8 Å². The Morgan fingerprint density at radius 1 is 1.16 bits per heavy atom. The standard InChI is InChI=1S/C15H16N2O6S2/c1-24(18,19)17-9-15(11-3-2-6-16-8-11)25(20,21)12-4-5-13-14(7-12)23-10-22-13/h2-8,15,17H,9-10H2,1H3/t15-/m1/s1. The summed E-state index contributed by atoms with van der Waals surface area (Å²) in [7, 11) is -7.46. The molecule has 0 fully saturated rings. The second-order valence-electron chi connectivity index (χ2n) is 5.46. The number of ether oxygens (including phenoxy) is 2. The number of hydrogen-bond donors (Lipinski definition) is 1. The van der Waals surface area contributed by atoms with Crippen LogP contribution in [0.4, 0.5) is 0 Å². The van der Waals surface area contributed by atoms with E-state index in [1.54, 1.807) is 12.1 Å². The number of nitrogens with zero attached hydrogens (tertiary/aromatic N) is 1. The van der Waals surface area contributed by atoms with E-state index in [1.807, 2.05) is 0 Å². The van der Waals surface area contributed by atoms with Gasteiger partial charge in [-0.3, -0.25) is 4.98 Å². The number of pyridine rings is 1. The maximum absolute atomic E-state index is 13.1. The summed E-state index contributed by atoms with van der Waals surface area (Å²) in [6.07, 6.45) is 3.89. The van der Waals surface area contributed by atoms with Crippen molar-refractivity contribution in [1.82, 2.24) is 9.71 Å². The van der Waals surface area contributed by atoms with Crippen LogP contribution in [0.25, 0.3) is 0 Å². The van der Waals surface area contributed by atoms with Crippen LogP contribution in [0, 0.1) is 0 Å². The molecule has 0 aliphatic carbocycles. The Kier molecular flexibility index (Phi) is 4.67. The molecule has 1 aliphatic rings. The van der Waals surface area contributed by atoms with E-state index in [0.717, 1.165) is 6.26 Å². The highest BCUT2D eigenvalue weighted by atomic mass is 32.2. The summed E-state index contributed by atoms with van der Waals surface area (Å²) >= 11 is 0. The lowest BCUT2D eigenvalue weighted by Gasteiger charge is -2.18. The molecule has 1 aromatic carbocycles. The van der Waals surface area contributed by atoms with Crippen LogP contribution >= 0.6 is 0 Å². The van der Waals surface area contributed by atoms with Gasteiger partial charge in [-0.15, -0.1) is 0 Å². The van der Waals surface area contributed by atoms with Crippen molar-refractivity contribution < 1.29 is 26.3 Å². The molecule has 1 aliphatic heterocycles. The Balaban J connectivity index is 2.01. The SMILES string of the molecule is CS(=O)(=O)NC[C@H](c1cccnc1)S(=O)(=O)c1ccc2c(c1)OCO2. The van der Waals surface area contributed by atoms with Gasteiger partial charge in [0.05, 0.1) is 11.2 Å². The highest BCUT2D eigenvalue weighted by Crippen LogP contribution is 2.37. The van der Waals surface area contributed by atoms with Crippen LogP contribution in [0.1, 0.15) is 10.8 Å². The normalized spacial score (nSPS) is 15.1. The van der Waals surface area contributed by atoms with Gasteiger partial charge >= 0.3 is 0 Å². The summed E-state index contributed by atoms with van der Waals surface area (Å²) < 4.78 is 61.7. The number of nitrogens with one attached hydrogen (secondary N) is 1. The summed E-state index contributed by atoms with van der Waals surface area (Å²) in [6, 6.07) is 7.48. The van der Waals surface area contributed by atoms with Crippen LogP contribution in [-0.2, 0) is 19.9 Å². The van der Waals surface area contributed by atoms with Crippen LogP contribution in [0.3, 0.4) is 0 Å². The first-order valence-electron chi connectivity index (χ1n) is 7.25. The Morgan fingerprint density at radius 3 is 2.60 bits per heavy atom. The summed E-state index contributed by atoms with van der Waals surface area (Å²) in [5.74, 6) is 0.799. The number of sulfonamides is 1. The number of benzene rings is 1. The van der Waals surface area contributed by atoms with Crippen LogP contribution in [-0.4, -0.2) is 41.4 Å². The minimum atomic E-state index is -3.90. The first kappa shape index (κ1) is 17.6. The molecule has 25 heavy (non-hydrogen) atoms. The van der Waals surface area contributed by atoms with Gasteiger partial charge < -0.3 is 9.47 Å². The van der Waals surface area contributed by atoms with Crippen molar-refractivity contribution in [2.45, 2.75) is 10.1 Å². The monoisotopic (exact) mass is 384 g/mol. The molecule has 134 valence electrons. The van der Waals surface area contributed by atoms with Crippen molar-refractivity contribution in [2.24, 2.45) is 0 Å². The van der Waals surface area contributed by atoms with E-state index in [2.05, 4.69) is 9.71 Å². The van der Waals surface area contributed by atoms with Gasteiger partial charge in [-0.1, -0.05) is 6.07 Å². The third kappa shape index (κ3) is 3.91. The molecule has 0 unspecified atom stereocenters. The van der Waals surface area contributed by atoms with Crippen LogP contribution in [0.2, 0.25) is 0 Å².